The number of H-pyrrole nitrogens is 1. The molecule has 7 nitrogen and oxygen atoms in total. The fourth-order valence-corrected chi connectivity index (χ4v) is 3.89. The van der Waals surface area contributed by atoms with Crippen LogP contribution in [0.4, 0.5) is 0 Å². The summed E-state index contributed by atoms with van der Waals surface area (Å²) in [6.07, 6.45) is 2.01. The van der Waals surface area contributed by atoms with Crippen LogP contribution in [-0.2, 0) is 6.42 Å². The minimum absolute atomic E-state index is 0. The molecule has 0 aliphatic carbocycles. The summed E-state index contributed by atoms with van der Waals surface area (Å²) in [5.41, 5.74) is 7.63. The number of carbonyl (C=O) groups is 1. The molecule has 0 aliphatic rings. The minimum atomic E-state index is -0.639. The van der Waals surface area contributed by atoms with Crippen LogP contribution in [0.25, 0.3) is 10.9 Å². The van der Waals surface area contributed by atoms with Gasteiger partial charge in [-0.15, -0.1) is 12.4 Å². The fourth-order valence-electron chi connectivity index (χ4n) is 3.89. The molecule has 0 radical (unpaired) electrons. The summed E-state index contributed by atoms with van der Waals surface area (Å²) >= 11 is 0. The number of halogens is 1. The molecule has 1 aromatic heterocycles. The maximum atomic E-state index is 11.2. The molecule has 0 spiro atoms. The van der Waals surface area contributed by atoms with Crippen LogP contribution in [0.1, 0.15) is 29.8 Å². The lowest BCUT2D eigenvalue weighted by molar-refractivity contribution is 0.0995. The monoisotopic (exact) mass is 509 g/mol. The number of β-amino-alcohol motifs (C(OH)–C–C–N with tert-alkyl or cyclic N) is 1. The van der Waals surface area contributed by atoms with Crippen LogP contribution in [0.5, 0.6) is 17.2 Å². The number of aromatic amines is 1. The summed E-state index contributed by atoms with van der Waals surface area (Å²) in [4.78, 5) is 14.3. The lowest BCUT2D eigenvalue weighted by Gasteiger charge is -2.28. The lowest BCUT2D eigenvalue weighted by Crippen LogP contribution is -2.46. The Hall–Kier alpha value is -3.52. The molecule has 1 heterocycles. The van der Waals surface area contributed by atoms with E-state index in [0.29, 0.717) is 23.6 Å². The molecule has 5 N–H and O–H groups in total. The number of primary amides is 1. The van der Waals surface area contributed by atoms with Crippen molar-refractivity contribution in [2.75, 3.05) is 13.2 Å². The number of nitrogens with two attached hydrogens (primary N) is 1. The van der Waals surface area contributed by atoms with Crippen LogP contribution in [0.2, 0.25) is 0 Å². The summed E-state index contributed by atoms with van der Waals surface area (Å²) in [7, 11) is 0. The number of hydrogen-bond donors (Lipinski definition) is 4. The maximum Gasteiger partial charge on any atom is 0.248 e. The zero-order valence-electron chi connectivity index (χ0n) is 20.4. The number of benzene rings is 3. The van der Waals surface area contributed by atoms with Gasteiger partial charge in [0.2, 0.25) is 5.91 Å². The smallest absolute Gasteiger partial charge is 0.248 e. The Bertz CT molecular complexity index is 1270. The molecule has 0 fully saturated rings. The second-order valence-corrected chi connectivity index (χ2v) is 9.24. The second kappa shape index (κ2) is 11.9. The number of rotatable bonds is 11. The molecule has 0 aliphatic heterocycles. The Labute approximate surface area is 217 Å². The van der Waals surface area contributed by atoms with Gasteiger partial charge in [-0.3, -0.25) is 4.79 Å². The van der Waals surface area contributed by atoms with E-state index in [-0.39, 0.29) is 24.6 Å². The maximum absolute atomic E-state index is 11.2. The summed E-state index contributed by atoms with van der Waals surface area (Å²) in [5, 5.41) is 14.9. The minimum Gasteiger partial charge on any atom is -0.490 e. The van der Waals surface area contributed by atoms with Crippen LogP contribution in [-0.4, -0.2) is 40.8 Å². The largest absolute Gasteiger partial charge is 0.490 e. The van der Waals surface area contributed by atoms with E-state index in [2.05, 4.69) is 24.1 Å². The molecule has 4 rings (SSSR count). The predicted molar refractivity (Wildman–Crippen MR) is 144 cm³/mol. The number of aromatic nitrogens is 1. The number of nitrogens with one attached hydrogen (secondary N) is 2. The molecule has 3 aromatic carbocycles. The van der Waals surface area contributed by atoms with Crippen molar-refractivity contribution in [3.63, 3.8) is 0 Å². The quantitative estimate of drug-likeness (QED) is 0.231. The zero-order valence-corrected chi connectivity index (χ0v) is 21.2. The molecule has 36 heavy (non-hydrogen) atoms. The molecule has 1 unspecified atom stereocenters. The molecule has 0 saturated carbocycles. The molecule has 0 saturated heterocycles. The summed E-state index contributed by atoms with van der Waals surface area (Å²) in [6, 6.07) is 22.4. The van der Waals surface area contributed by atoms with Gasteiger partial charge >= 0.3 is 0 Å². The van der Waals surface area contributed by atoms with Crippen LogP contribution in [0, 0.1) is 0 Å². The first-order chi connectivity index (χ1) is 16.8. The Kier molecular flexibility index (Phi) is 8.98. The number of aliphatic hydroxyl groups excluding tert-OH is 1. The summed E-state index contributed by atoms with van der Waals surface area (Å²) in [5.74, 6) is 1.63. The van der Waals surface area contributed by atoms with Crippen LogP contribution in [0.3, 0.4) is 0 Å². The Morgan fingerprint density at radius 3 is 2.36 bits per heavy atom. The van der Waals surface area contributed by atoms with Crippen molar-refractivity contribution in [1.29, 1.82) is 0 Å². The predicted octanol–water partition coefficient (Wildman–Crippen LogP) is 4.83. The zero-order chi connectivity index (χ0) is 24.8. The highest BCUT2D eigenvalue weighted by atomic mass is 35.5. The van der Waals surface area contributed by atoms with Gasteiger partial charge in [-0.25, -0.2) is 0 Å². The van der Waals surface area contributed by atoms with Crippen molar-refractivity contribution in [2.24, 2.45) is 5.73 Å². The summed E-state index contributed by atoms with van der Waals surface area (Å²) in [6.45, 7) is 4.83. The van der Waals surface area contributed by atoms with Crippen LogP contribution in [0.15, 0.2) is 79.0 Å². The van der Waals surface area contributed by atoms with Gasteiger partial charge in [-0.2, -0.15) is 0 Å². The number of fused-ring (bicyclic) bond motifs is 1. The third-order valence-electron chi connectivity index (χ3n) is 5.75. The molecule has 190 valence electrons. The molecular weight excluding hydrogens is 478 g/mol. The third kappa shape index (κ3) is 7.24. The molecule has 1 amide bonds. The molecule has 4 aromatic rings. The molecule has 0 bridgehead atoms. The highest BCUT2D eigenvalue weighted by Crippen LogP contribution is 2.25. The number of amides is 1. The van der Waals surface area contributed by atoms with Gasteiger partial charge in [0.1, 0.15) is 30.0 Å². The lowest BCUT2D eigenvalue weighted by atomic mass is 9.94. The average molecular weight is 510 g/mol. The van der Waals surface area contributed by atoms with E-state index in [0.717, 1.165) is 28.6 Å². The van der Waals surface area contributed by atoms with E-state index in [1.165, 1.54) is 0 Å². The van der Waals surface area contributed by atoms with Crippen molar-refractivity contribution in [3.8, 4) is 17.2 Å². The van der Waals surface area contributed by atoms with Crippen molar-refractivity contribution < 1.29 is 19.4 Å². The second-order valence-electron chi connectivity index (χ2n) is 9.24. The first-order valence-electron chi connectivity index (χ1n) is 11.6. The Morgan fingerprint density at radius 2 is 1.69 bits per heavy atom. The van der Waals surface area contributed by atoms with Gasteiger partial charge in [-0.05, 0) is 80.4 Å². The highest BCUT2D eigenvalue weighted by Gasteiger charge is 2.20. The highest BCUT2D eigenvalue weighted by molar-refractivity contribution is 5.92. The Balaban J connectivity index is 0.00000361. The van der Waals surface area contributed by atoms with Gasteiger partial charge < -0.3 is 30.6 Å². The van der Waals surface area contributed by atoms with Gasteiger partial charge in [-0.1, -0.05) is 18.2 Å². The number of aliphatic hydroxyl groups is 1. The van der Waals surface area contributed by atoms with Gasteiger partial charge in [0, 0.05) is 34.7 Å². The van der Waals surface area contributed by atoms with Crippen molar-refractivity contribution in [3.05, 3.63) is 90.1 Å². The van der Waals surface area contributed by atoms with Gasteiger partial charge in [0.15, 0.2) is 0 Å². The van der Waals surface area contributed by atoms with Crippen LogP contribution < -0.4 is 20.5 Å². The van der Waals surface area contributed by atoms with Crippen LogP contribution >= 0.6 is 12.4 Å². The normalized spacial score (nSPS) is 12.1. The summed E-state index contributed by atoms with van der Waals surface area (Å²) < 4.78 is 11.7. The van der Waals surface area contributed by atoms with E-state index in [1.807, 2.05) is 54.7 Å². The van der Waals surface area contributed by atoms with E-state index in [9.17, 15) is 9.90 Å². The van der Waals surface area contributed by atoms with E-state index < -0.39 is 12.0 Å². The van der Waals surface area contributed by atoms with Gasteiger partial charge in [0.05, 0.1) is 0 Å². The number of ether oxygens (including phenoxy) is 2. The molecular formula is C28H32ClN3O4. The third-order valence-corrected chi connectivity index (χ3v) is 5.75. The van der Waals surface area contributed by atoms with Crippen molar-refractivity contribution >= 4 is 29.2 Å². The van der Waals surface area contributed by atoms with Crippen molar-refractivity contribution in [1.82, 2.24) is 10.3 Å². The fraction of sp³-hybridized carbons (Fsp3) is 0.250. The van der Waals surface area contributed by atoms with E-state index >= 15 is 0 Å². The molecule has 1 atom stereocenters. The SMILES string of the molecule is CC(C)(Cc1ccc(Oc2ccc(C(N)=O)cc2)cc1)NCC(O)COc1cccc2[nH]ccc12.Cl. The number of carbonyl (C=O) groups excluding carboxylic acids is 1. The van der Waals surface area contributed by atoms with Gasteiger partial charge in [0.25, 0.3) is 0 Å². The number of hydrogen-bond acceptors (Lipinski definition) is 5. The first-order valence-corrected chi connectivity index (χ1v) is 11.6. The molecule has 8 heteroatoms. The topological polar surface area (TPSA) is 110 Å². The van der Waals surface area contributed by atoms with E-state index in [1.54, 1.807) is 24.3 Å². The standard InChI is InChI=1S/C28H31N3O4.ClH/c1-28(2,31-17-21(32)18-34-26-5-3-4-25-24(26)14-15-30-25)16-19-6-10-22(11-7-19)35-23-12-8-20(9-13-23)27(29)33;/h3-15,21,30-32H,16-18H2,1-2H3,(H2,29,33);1H. The Morgan fingerprint density at radius 1 is 1.03 bits per heavy atom. The first kappa shape index (κ1) is 27.1. The van der Waals surface area contributed by atoms with Crippen molar-refractivity contribution in [2.45, 2.75) is 31.9 Å². The van der Waals surface area contributed by atoms with E-state index in [4.69, 9.17) is 15.2 Å². The average Bonchev–Trinajstić information content (AvgIpc) is 3.32.